The Morgan fingerprint density at radius 3 is 2.00 bits per heavy atom. The molecule has 3 unspecified atom stereocenters. The van der Waals surface area contributed by atoms with E-state index in [0.29, 0.717) is 13.0 Å². The zero-order chi connectivity index (χ0) is 37.0. The molecule has 1 heterocycles. The Balaban J connectivity index is 2.11. The number of carbonyl (C=O) groups excluding carboxylic acids is 4. The predicted octanol–water partition coefficient (Wildman–Crippen LogP) is 3.81. The number of likely N-dealkylation sites (tertiary alicyclic amines) is 1. The molecule has 11 heteroatoms. The smallest absolute Gasteiger partial charge is 0.243 e. The number of hydrogen-bond acceptors (Lipinski definition) is 7. The van der Waals surface area contributed by atoms with Gasteiger partial charge >= 0.3 is 0 Å². The number of ether oxygens (including phenoxy) is 1. The number of aliphatic hydroxyl groups excluding tert-OH is 1. The lowest BCUT2D eigenvalue weighted by Gasteiger charge is -2.36. The molecule has 49 heavy (non-hydrogen) atoms. The molecule has 0 bridgehead atoms. The highest BCUT2D eigenvalue weighted by atomic mass is 16.5. The van der Waals surface area contributed by atoms with Gasteiger partial charge in [0, 0.05) is 31.5 Å². The summed E-state index contributed by atoms with van der Waals surface area (Å²) in [7, 11) is 3.30. The van der Waals surface area contributed by atoms with E-state index < -0.39 is 36.4 Å². The molecule has 0 aliphatic carbocycles. The summed E-state index contributed by atoms with van der Waals surface area (Å²) in [6, 6.07) is 7.79. The highest BCUT2D eigenvalue weighted by Gasteiger charge is 2.40. The van der Waals surface area contributed by atoms with Crippen molar-refractivity contribution in [3.05, 3.63) is 35.9 Å². The van der Waals surface area contributed by atoms with Gasteiger partial charge in [-0.1, -0.05) is 99.1 Å². The van der Waals surface area contributed by atoms with Crippen molar-refractivity contribution in [2.75, 3.05) is 20.7 Å². The van der Waals surface area contributed by atoms with Crippen molar-refractivity contribution in [1.29, 1.82) is 0 Å². The third-order valence-corrected chi connectivity index (χ3v) is 10.6. The second-order valence-electron chi connectivity index (χ2n) is 14.7. The Hall–Kier alpha value is -3.02. The maximum absolute atomic E-state index is 13.8. The second-order valence-corrected chi connectivity index (χ2v) is 14.7. The summed E-state index contributed by atoms with van der Waals surface area (Å²) in [5.74, 6) is -1.86. The number of hydrogen-bond donors (Lipinski definition) is 5. The molecule has 11 nitrogen and oxygen atoms in total. The van der Waals surface area contributed by atoms with E-state index in [2.05, 4.69) is 21.3 Å². The highest BCUT2D eigenvalue weighted by molar-refractivity contribution is 5.90. The predicted molar refractivity (Wildman–Crippen MR) is 193 cm³/mol. The number of aliphatic hydroxyl groups is 1. The Labute approximate surface area is 295 Å². The number of nitrogens with one attached hydrogen (secondary N) is 4. The molecule has 1 aromatic rings. The highest BCUT2D eigenvalue weighted by Crippen LogP contribution is 2.31. The first-order chi connectivity index (χ1) is 23.1. The summed E-state index contributed by atoms with van der Waals surface area (Å²) in [6.07, 6.45) is 0.452. The average molecular weight is 688 g/mol. The lowest BCUT2D eigenvalue weighted by atomic mass is 9.86. The van der Waals surface area contributed by atoms with Gasteiger partial charge in [0.05, 0.1) is 24.6 Å². The van der Waals surface area contributed by atoms with Crippen LogP contribution in [0.25, 0.3) is 0 Å². The largest absolute Gasteiger partial charge is 0.390 e. The summed E-state index contributed by atoms with van der Waals surface area (Å²) in [4.78, 5) is 55.6. The molecule has 278 valence electrons. The molecule has 0 saturated carbocycles. The first-order valence-electron chi connectivity index (χ1n) is 18.2. The Morgan fingerprint density at radius 1 is 0.878 bits per heavy atom. The molecule has 0 radical (unpaired) electrons. The lowest BCUT2D eigenvalue weighted by molar-refractivity contribution is -0.139. The first-order valence-corrected chi connectivity index (χ1v) is 18.2. The molecular weight excluding hydrogens is 622 g/mol. The molecule has 1 saturated heterocycles. The van der Waals surface area contributed by atoms with Crippen molar-refractivity contribution < 1.29 is 29.0 Å². The van der Waals surface area contributed by atoms with Crippen molar-refractivity contribution in [2.45, 2.75) is 130 Å². The number of nitrogens with zero attached hydrogens (tertiary/aromatic N) is 1. The maximum Gasteiger partial charge on any atom is 0.243 e. The lowest BCUT2D eigenvalue weighted by Crippen LogP contribution is -2.59. The molecule has 1 aromatic carbocycles. The van der Waals surface area contributed by atoms with E-state index in [1.54, 1.807) is 19.1 Å². The third-order valence-electron chi connectivity index (χ3n) is 10.6. The Kier molecular flexibility index (Phi) is 17.2. The van der Waals surface area contributed by atoms with Crippen LogP contribution >= 0.6 is 0 Å². The topological polar surface area (TPSA) is 149 Å². The number of likely N-dealkylation sites (N-methyl/N-ethyl adjacent to an activating group) is 1. The normalized spacial score (nSPS) is 20.4. The van der Waals surface area contributed by atoms with Gasteiger partial charge in [-0.2, -0.15) is 0 Å². The van der Waals surface area contributed by atoms with Gasteiger partial charge in [-0.05, 0) is 49.1 Å². The first kappa shape index (κ1) is 42.1. The van der Waals surface area contributed by atoms with Gasteiger partial charge in [0.1, 0.15) is 12.3 Å². The van der Waals surface area contributed by atoms with E-state index in [1.165, 1.54) is 0 Å². The van der Waals surface area contributed by atoms with Crippen LogP contribution < -0.4 is 21.3 Å². The van der Waals surface area contributed by atoms with Gasteiger partial charge < -0.3 is 36.0 Å². The van der Waals surface area contributed by atoms with E-state index in [-0.39, 0.29) is 65.7 Å². The number of rotatable bonds is 19. The van der Waals surface area contributed by atoms with E-state index in [9.17, 15) is 24.3 Å². The van der Waals surface area contributed by atoms with E-state index in [4.69, 9.17) is 4.74 Å². The van der Waals surface area contributed by atoms with Crippen LogP contribution in [0.1, 0.15) is 99.5 Å². The summed E-state index contributed by atoms with van der Waals surface area (Å²) in [5, 5.41) is 23.4. The minimum Gasteiger partial charge on any atom is -0.390 e. The summed E-state index contributed by atoms with van der Waals surface area (Å²) in [5.41, 5.74) is 1.06. The number of amides is 4. The number of benzene rings is 1. The third kappa shape index (κ3) is 11.5. The van der Waals surface area contributed by atoms with Gasteiger partial charge in [0.2, 0.25) is 23.6 Å². The second kappa shape index (κ2) is 20.0. The maximum atomic E-state index is 13.8. The fourth-order valence-corrected chi connectivity index (χ4v) is 6.91. The molecule has 0 aromatic heterocycles. The molecule has 0 spiro atoms. The van der Waals surface area contributed by atoms with Crippen molar-refractivity contribution in [1.82, 2.24) is 26.2 Å². The molecule has 10 atom stereocenters. The molecule has 4 amide bonds. The van der Waals surface area contributed by atoms with Crippen LogP contribution in [0.15, 0.2) is 30.3 Å². The van der Waals surface area contributed by atoms with Crippen molar-refractivity contribution in [3.63, 3.8) is 0 Å². The van der Waals surface area contributed by atoms with Gasteiger partial charge in [0.25, 0.3) is 0 Å². The SMILES string of the molecule is CC[C@H](C)[C@H](NC(=O)C(NC(=O)[C@@H](NC)C(C)C)C(C)C)[C@H](O)CC(=O)N1CCC[C@H]1C(C)[C@@H](C)C(=O)N[C@H](OC)C(C)c1ccccc1. The minimum absolute atomic E-state index is 0.0293. The average Bonchev–Trinajstić information content (AvgIpc) is 3.57. The minimum atomic E-state index is -1.13. The zero-order valence-corrected chi connectivity index (χ0v) is 31.8. The van der Waals surface area contributed by atoms with Gasteiger partial charge in [-0.25, -0.2) is 0 Å². The molecular formula is C38H65N5O6. The van der Waals surface area contributed by atoms with Crippen molar-refractivity contribution in [3.8, 4) is 0 Å². The molecule has 1 aliphatic rings. The molecule has 2 rings (SSSR count). The summed E-state index contributed by atoms with van der Waals surface area (Å²) in [6.45, 7) is 17.9. The van der Waals surface area contributed by atoms with E-state index >= 15 is 0 Å². The molecule has 1 aliphatic heterocycles. The standard InChI is InChI=1S/C38H65N5O6/c1-12-24(6)34(41-37(48)33(23(4)5)40-36(47)32(39-10)22(2)3)30(44)21-31(45)43-20-16-19-29(43)25(7)26(8)35(46)42-38(49-11)27(9)28-17-14-13-15-18-28/h13-15,17-18,22-27,29-30,32-34,38-39,44H,12,16,19-21H2,1-11H3,(H,40,47)(H,41,48)(H,42,46)/t24-,25?,26+,27?,29-,30+,32-,33?,34-,38+/m0/s1. The molecule has 1 fully saturated rings. The number of methoxy groups -OCH3 is 1. The van der Waals surface area contributed by atoms with Crippen molar-refractivity contribution in [2.24, 2.45) is 29.6 Å². The van der Waals surface area contributed by atoms with Gasteiger partial charge in [-0.15, -0.1) is 0 Å². The summed E-state index contributed by atoms with van der Waals surface area (Å²) < 4.78 is 5.67. The van der Waals surface area contributed by atoms with Crippen LogP contribution in [0.2, 0.25) is 0 Å². The Bertz CT molecular complexity index is 1200. The summed E-state index contributed by atoms with van der Waals surface area (Å²) >= 11 is 0. The quantitative estimate of drug-likeness (QED) is 0.139. The Morgan fingerprint density at radius 2 is 1.47 bits per heavy atom. The van der Waals surface area contributed by atoms with E-state index in [1.807, 2.05) is 92.6 Å². The van der Waals surface area contributed by atoms with Crippen LogP contribution in [0.3, 0.4) is 0 Å². The number of carbonyl (C=O) groups is 4. The van der Waals surface area contributed by atoms with Gasteiger partial charge in [0.15, 0.2) is 0 Å². The van der Waals surface area contributed by atoms with E-state index in [0.717, 1.165) is 18.4 Å². The van der Waals surface area contributed by atoms with Crippen LogP contribution in [0, 0.1) is 29.6 Å². The van der Waals surface area contributed by atoms with Crippen LogP contribution in [-0.4, -0.2) is 90.8 Å². The molecule has 5 N–H and O–H groups in total. The van der Waals surface area contributed by atoms with Crippen molar-refractivity contribution >= 4 is 23.6 Å². The fourth-order valence-electron chi connectivity index (χ4n) is 6.91. The van der Waals surface area contributed by atoms with Crippen LogP contribution in [-0.2, 0) is 23.9 Å². The van der Waals surface area contributed by atoms with Gasteiger partial charge in [-0.3, -0.25) is 19.2 Å². The zero-order valence-electron chi connectivity index (χ0n) is 31.8. The van der Waals surface area contributed by atoms with Crippen LogP contribution in [0.5, 0.6) is 0 Å². The monoisotopic (exact) mass is 687 g/mol. The fraction of sp³-hybridized carbons (Fsp3) is 0.737. The van der Waals surface area contributed by atoms with Crippen LogP contribution in [0.4, 0.5) is 0 Å².